The molecule has 0 bridgehead atoms. The van der Waals surface area contributed by atoms with Crippen LogP contribution < -0.4 is 10.5 Å². The Balaban J connectivity index is 2.65. The quantitative estimate of drug-likeness (QED) is 0.918. The molecule has 4 heteroatoms. The average Bonchev–Trinajstić information content (AvgIpc) is 2.43. The van der Waals surface area contributed by atoms with Crippen LogP contribution >= 0.6 is 0 Å². The van der Waals surface area contributed by atoms with Gasteiger partial charge in [0.05, 0.1) is 19.3 Å². The highest BCUT2D eigenvalue weighted by Crippen LogP contribution is 2.33. The topological polar surface area (TPSA) is 61.0 Å². The number of rotatable bonds is 3. The maximum absolute atomic E-state index is 5.60. The van der Waals surface area contributed by atoms with Crippen molar-refractivity contribution in [1.82, 2.24) is 9.97 Å². The van der Waals surface area contributed by atoms with Crippen LogP contribution in [0.25, 0.3) is 11.3 Å². The fraction of sp³-hybridized carbons (Fsp3) is 0.333. The second-order valence-electron chi connectivity index (χ2n) is 4.58. The van der Waals surface area contributed by atoms with Gasteiger partial charge >= 0.3 is 0 Å². The van der Waals surface area contributed by atoms with Gasteiger partial charge in [-0.2, -0.15) is 0 Å². The maximum atomic E-state index is 5.60. The van der Waals surface area contributed by atoms with Crippen LogP contribution in [0, 0.1) is 20.8 Å². The molecule has 0 amide bonds. The van der Waals surface area contributed by atoms with Crippen molar-refractivity contribution in [3.8, 4) is 17.0 Å². The normalized spacial score (nSPS) is 10.6. The number of ether oxygens (including phenoxy) is 1. The Morgan fingerprint density at radius 3 is 2.58 bits per heavy atom. The molecule has 2 aromatic rings. The zero-order valence-corrected chi connectivity index (χ0v) is 11.8. The lowest BCUT2D eigenvalue weighted by atomic mass is 9.95. The highest BCUT2D eigenvalue weighted by atomic mass is 16.5. The van der Waals surface area contributed by atoms with Crippen molar-refractivity contribution in [3.63, 3.8) is 0 Å². The summed E-state index contributed by atoms with van der Waals surface area (Å²) in [4.78, 5) is 8.64. The summed E-state index contributed by atoms with van der Waals surface area (Å²) in [6, 6.07) is 3.96. The van der Waals surface area contributed by atoms with Crippen molar-refractivity contribution in [2.24, 2.45) is 5.73 Å². The molecule has 0 spiro atoms. The summed E-state index contributed by atoms with van der Waals surface area (Å²) in [7, 11) is 1.69. The summed E-state index contributed by atoms with van der Waals surface area (Å²) in [5.41, 5.74) is 11.1. The van der Waals surface area contributed by atoms with E-state index in [2.05, 4.69) is 30.7 Å². The maximum Gasteiger partial charge on any atom is 0.142 e. The van der Waals surface area contributed by atoms with Crippen molar-refractivity contribution in [2.45, 2.75) is 27.3 Å². The number of hydrogen-bond acceptors (Lipinski definition) is 4. The lowest BCUT2D eigenvalue weighted by molar-refractivity contribution is 0.411. The van der Waals surface area contributed by atoms with Gasteiger partial charge in [0.25, 0.3) is 0 Å². The number of aryl methyl sites for hydroxylation is 1. The molecule has 0 radical (unpaired) electrons. The molecular weight excluding hydrogens is 238 g/mol. The van der Waals surface area contributed by atoms with Crippen LogP contribution in [0.4, 0.5) is 0 Å². The monoisotopic (exact) mass is 257 g/mol. The molecule has 2 rings (SSSR count). The summed E-state index contributed by atoms with van der Waals surface area (Å²) < 4.78 is 5.39. The van der Waals surface area contributed by atoms with Crippen molar-refractivity contribution < 1.29 is 4.74 Å². The van der Waals surface area contributed by atoms with E-state index in [9.17, 15) is 0 Å². The predicted molar refractivity (Wildman–Crippen MR) is 76.1 cm³/mol. The van der Waals surface area contributed by atoms with Crippen LogP contribution in [-0.2, 0) is 6.54 Å². The Hall–Kier alpha value is -1.94. The van der Waals surface area contributed by atoms with E-state index in [0.29, 0.717) is 12.4 Å². The number of hydrogen-bond donors (Lipinski definition) is 1. The molecule has 0 saturated carbocycles. The summed E-state index contributed by atoms with van der Waals surface area (Å²) >= 11 is 0. The van der Waals surface area contributed by atoms with Gasteiger partial charge in [-0.15, -0.1) is 0 Å². The third-order valence-corrected chi connectivity index (χ3v) is 3.41. The average molecular weight is 257 g/mol. The zero-order chi connectivity index (χ0) is 14.0. The molecule has 1 heterocycles. The first-order chi connectivity index (χ1) is 9.08. The minimum Gasteiger partial charge on any atom is -0.496 e. The second-order valence-corrected chi connectivity index (χ2v) is 4.58. The first-order valence-electron chi connectivity index (χ1n) is 6.25. The van der Waals surface area contributed by atoms with Crippen LogP contribution in [0.2, 0.25) is 0 Å². The summed E-state index contributed by atoms with van der Waals surface area (Å²) in [6.07, 6.45) is 1.75. The van der Waals surface area contributed by atoms with E-state index >= 15 is 0 Å². The SMILES string of the molecule is COc1cc(C)c(-c2ccnc(CN)n2)c(C)c1C. The van der Waals surface area contributed by atoms with Crippen LogP contribution in [0.5, 0.6) is 5.75 Å². The fourth-order valence-electron chi connectivity index (χ4n) is 2.29. The molecule has 0 unspecified atom stereocenters. The molecule has 0 aliphatic carbocycles. The van der Waals surface area contributed by atoms with E-state index in [-0.39, 0.29) is 0 Å². The minimum atomic E-state index is 0.348. The molecular formula is C15H19N3O. The molecule has 2 N–H and O–H groups in total. The van der Waals surface area contributed by atoms with Gasteiger partial charge in [-0.1, -0.05) is 0 Å². The number of benzene rings is 1. The molecule has 19 heavy (non-hydrogen) atoms. The van der Waals surface area contributed by atoms with Gasteiger partial charge in [0.1, 0.15) is 11.6 Å². The van der Waals surface area contributed by atoms with E-state index in [4.69, 9.17) is 10.5 Å². The van der Waals surface area contributed by atoms with E-state index in [1.807, 2.05) is 12.1 Å². The molecule has 4 nitrogen and oxygen atoms in total. The van der Waals surface area contributed by atoms with E-state index in [0.717, 1.165) is 28.1 Å². The molecule has 0 aliphatic heterocycles. The molecule has 0 aliphatic rings. The van der Waals surface area contributed by atoms with E-state index < -0.39 is 0 Å². The molecule has 1 aromatic heterocycles. The second kappa shape index (κ2) is 5.36. The minimum absolute atomic E-state index is 0.348. The molecule has 0 fully saturated rings. The van der Waals surface area contributed by atoms with Gasteiger partial charge < -0.3 is 10.5 Å². The van der Waals surface area contributed by atoms with Crippen molar-refractivity contribution in [1.29, 1.82) is 0 Å². The van der Waals surface area contributed by atoms with Crippen molar-refractivity contribution in [2.75, 3.05) is 7.11 Å². The lowest BCUT2D eigenvalue weighted by Crippen LogP contribution is -2.04. The number of nitrogens with two attached hydrogens (primary N) is 1. The van der Waals surface area contributed by atoms with E-state index in [1.54, 1.807) is 13.3 Å². The molecule has 100 valence electrons. The Bertz CT molecular complexity index is 609. The number of aromatic nitrogens is 2. The molecule has 0 atom stereocenters. The third kappa shape index (κ3) is 2.44. The third-order valence-electron chi connectivity index (χ3n) is 3.41. The van der Waals surface area contributed by atoms with Crippen LogP contribution in [0.3, 0.4) is 0 Å². The highest BCUT2D eigenvalue weighted by molar-refractivity contribution is 5.71. The summed E-state index contributed by atoms with van der Waals surface area (Å²) in [6.45, 7) is 6.56. The summed E-state index contributed by atoms with van der Waals surface area (Å²) in [5, 5.41) is 0. The van der Waals surface area contributed by atoms with Gasteiger partial charge in [-0.25, -0.2) is 9.97 Å². The standard InChI is InChI=1S/C15H19N3O/c1-9-7-13(19-4)10(2)11(3)15(9)12-5-6-17-14(8-16)18-12/h5-7H,8,16H2,1-4H3. The van der Waals surface area contributed by atoms with Crippen LogP contribution in [-0.4, -0.2) is 17.1 Å². The van der Waals surface area contributed by atoms with Gasteiger partial charge in [0, 0.05) is 11.8 Å². The van der Waals surface area contributed by atoms with Crippen LogP contribution in [0.15, 0.2) is 18.3 Å². The predicted octanol–water partition coefficient (Wildman–Crippen LogP) is 2.54. The summed E-state index contributed by atoms with van der Waals surface area (Å²) in [5.74, 6) is 1.57. The van der Waals surface area contributed by atoms with Gasteiger partial charge in [0.15, 0.2) is 0 Å². The first kappa shape index (κ1) is 13.5. The van der Waals surface area contributed by atoms with Gasteiger partial charge in [0.2, 0.25) is 0 Å². The van der Waals surface area contributed by atoms with Crippen molar-refractivity contribution in [3.05, 3.63) is 40.8 Å². The van der Waals surface area contributed by atoms with Crippen LogP contribution in [0.1, 0.15) is 22.5 Å². The Labute approximate surface area is 113 Å². The van der Waals surface area contributed by atoms with Gasteiger partial charge in [-0.05, 0) is 49.6 Å². The number of methoxy groups -OCH3 is 1. The van der Waals surface area contributed by atoms with E-state index in [1.165, 1.54) is 5.56 Å². The highest BCUT2D eigenvalue weighted by Gasteiger charge is 2.13. The fourth-order valence-corrected chi connectivity index (χ4v) is 2.29. The lowest BCUT2D eigenvalue weighted by Gasteiger charge is -2.15. The van der Waals surface area contributed by atoms with Gasteiger partial charge in [-0.3, -0.25) is 0 Å². The zero-order valence-electron chi connectivity index (χ0n) is 11.8. The first-order valence-corrected chi connectivity index (χ1v) is 6.25. The smallest absolute Gasteiger partial charge is 0.142 e. The molecule has 0 saturated heterocycles. The number of nitrogens with zero attached hydrogens (tertiary/aromatic N) is 2. The Morgan fingerprint density at radius 1 is 1.21 bits per heavy atom. The Kier molecular flexibility index (Phi) is 3.81. The molecule has 1 aromatic carbocycles. The van der Waals surface area contributed by atoms with Crippen molar-refractivity contribution >= 4 is 0 Å². The largest absolute Gasteiger partial charge is 0.496 e. The Morgan fingerprint density at radius 2 is 1.95 bits per heavy atom.